The number of aromatic nitrogens is 1. The molecule has 4 heteroatoms. The fraction of sp³-hybridized carbons (Fsp3) is 0.0625. The third-order valence-electron chi connectivity index (χ3n) is 3.07. The molecule has 3 nitrogen and oxygen atoms in total. The molecule has 0 radical (unpaired) electrons. The highest BCUT2D eigenvalue weighted by Crippen LogP contribution is 2.27. The average Bonchev–Trinajstić information content (AvgIpc) is 2.49. The van der Waals surface area contributed by atoms with Crippen LogP contribution in [0.15, 0.2) is 54.7 Å². The summed E-state index contributed by atoms with van der Waals surface area (Å²) in [6.45, 7) is 0. The second-order valence-corrected chi connectivity index (χ2v) is 4.37. The predicted molar refractivity (Wildman–Crippen MR) is 78.0 cm³/mol. The minimum atomic E-state index is -0.250. The Kier molecular flexibility index (Phi) is 3.21. The lowest BCUT2D eigenvalue weighted by Gasteiger charge is -2.10. The molecule has 0 bridgehead atoms. The van der Waals surface area contributed by atoms with Crippen molar-refractivity contribution >= 4 is 22.3 Å². The standard InChI is InChI=1S/C16H13FN2O/c1-20-13-6-7-14-15(8-9-18-16(14)10-13)19-12-4-2-11(17)3-5-12/h2-10H,1H3,(H,18,19). The number of anilines is 2. The highest BCUT2D eigenvalue weighted by Gasteiger charge is 2.04. The first-order valence-electron chi connectivity index (χ1n) is 6.21. The van der Waals surface area contributed by atoms with Gasteiger partial charge in [-0.2, -0.15) is 0 Å². The zero-order valence-corrected chi connectivity index (χ0v) is 10.9. The molecule has 20 heavy (non-hydrogen) atoms. The molecule has 3 aromatic rings. The summed E-state index contributed by atoms with van der Waals surface area (Å²) in [4.78, 5) is 4.33. The Morgan fingerprint density at radius 1 is 1.05 bits per heavy atom. The topological polar surface area (TPSA) is 34.1 Å². The molecule has 1 N–H and O–H groups in total. The summed E-state index contributed by atoms with van der Waals surface area (Å²) in [5, 5.41) is 4.25. The van der Waals surface area contributed by atoms with Gasteiger partial charge in [-0.25, -0.2) is 4.39 Å². The first-order chi connectivity index (χ1) is 9.76. The lowest BCUT2D eigenvalue weighted by atomic mass is 10.1. The average molecular weight is 268 g/mol. The van der Waals surface area contributed by atoms with Gasteiger partial charge >= 0.3 is 0 Å². The van der Waals surface area contributed by atoms with Gasteiger partial charge in [-0.1, -0.05) is 0 Å². The summed E-state index contributed by atoms with van der Waals surface area (Å²) >= 11 is 0. The summed E-state index contributed by atoms with van der Waals surface area (Å²) in [5.74, 6) is 0.517. The van der Waals surface area contributed by atoms with Crippen LogP contribution in [0.1, 0.15) is 0 Å². The van der Waals surface area contributed by atoms with Crippen molar-refractivity contribution in [2.75, 3.05) is 12.4 Å². The van der Waals surface area contributed by atoms with Gasteiger partial charge in [0.1, 0.15) is 11.6 Å². The minimum Gasteiger partial charge on any atom is -0.497 e. The molecule has 0 aliphatic heterocycles. The van der Waals surface area contributed by atoms with E-state index in [-0.39, 0.29) is 5.82 Å². The monoisotopic (exact) mass is 268 g/mol. The van der Waals surface area contributed by atoms with E-state index in [0.29, 0.717) is 0 Å². The Labute approximate surface area is 116 Å². The van der Waals surface area contributed by atoms with E-state index in [1.54, 1.807) is 25.4 Å². The van der Waals surface area contributed by atoms with Crippen molar-refractivity contribution < 1.29 is 9.13 Å². The third kappa shape index (κ3) is 2.40. The molecule has 0 aliphatic carbocycles. The molecular formula is C16H13FN2O. The van der Waals surface area contributed by atoms with Crippen molar-refractivity contribution in [3.63, 3.8) is 0 Å². The third-order valence-corrected chi connectivity index (χ3v) is 3.07. The molecule has 100 valence electrons. The van der Waals surface area contributed by atoms with Gasteiger partial charge in [0.2, 0.25) is 0 Å². The maximum Gasteiger partial charge on any atom is 0.123 e. The van der Waals surface area contributed by atoms with E-state index < -0.39 is 0 Å². The number of hydrogen-bond acceptors (Lipinski definition) is 3. The molecule has 0 fully saturated rings. The van der Waals surface area contributed by atoms with Gasteiger partial charge in [0.05, 0.1) is 12.6 Å². The predicted octanol–water partition coefficient (Wildman–Crippen LogP) is 4.13. The fourth-order valence-corrected chi connectivity index (χ4v) is 2.05. The summed E-state index contributed by atoms with van der Waals surface area (Å²) in [6, 6.07) is 13.9. The number of benzene rings is 2. The van der Waals surface area contributed by atoms with E-state index in [1.165, 1.54) is 12.1 Å². The van der Waals surface area contributed by atoms with E-state index in [0.717, 1.165) is 28.0 Å². The number of ether oxygens (including phenoxy) is 1. The molecule has 1 heterocycles. The van der Waals surface area contributed by atoms with Crippen molar-refractivity contribution in [1.29, 1.82) is 0 Å². The van der Waals surface area contributed by atoms with Gasteiger partial charge in [0, 0.05) is 29.0 Å². The number of nitrogens with zero attached hydrogens (tertiary/aromatic N) is 1. The summed E-state index contributed by atoms with van der Waals surface area (Å²) < 4.78 is 18.1. The van der Waals surface area contributed by atoms with Crippen molar-refractivity contribution in [2.24, 2.45) is 0 Å². The van der Waals surface area contributed by atoms with E-state index >= 15 is 0 Å². The maximum atomic E-state index is 12.9. The molecule has 0 unspecified atom stereocenters. The first kappa shape index (κ1) is 12.4. The van der Waals surface area contributed by atoms with Crippen LogP contribution in [0.4, 0.5) is 15.8 Å². The van der Waals surface area contributed by atoms with Crippen molar-refractivity contribution in [3.8, 4) is 5.75 Å². The van der Waals surface area contributed by atoms with E-state index in [4.69, 9.17) is 4.74 Å². The maximum absolute atomic E-state index is 12.9. The molecular weight excluding hydrogens is 255 g/mol. The fourth-order valence-electron chi connectivity index (χ4n) is 2.05. The van der Waals surface area contributed by atoms with Crippen LogP contribution in [-0.4, -0.2) is 12.1 Å². The normalized spacial score (nSPS) is 10.5. The highest BCUT2D eigenvalue weighted by atomic mass is 19.1. The Hall–Kier alpha value is -2.62. The SMILES string of the molecule is COc1ccc2c(Nc3ccc(F)cc3)ccnc2c1. The number of nitrogens with one attached hydrogen (secondary N) is 1. The molecule has 0 saturated carbocycles. The van der Waals surface area contributed by atoms with Crippen LogP contribution in [0, 0.1) is 5.82 Å². The van der Waals surface area contributed by atoms with Crippen molar-refractivity contribution in [3.05, 3.63) is 60.5 Å². The van der Waals surface area contributed by atoms with Crippen LogP contribution in [0.25, 0.3) is 10.9 Å². The van der Waals surface area contributed by atoms with Crippen LogP contribution in [0.2, 0.25) is 0 Å². The Morgan fingerprint density at radius 2 is 1.85 bits per heavy atom. The number of halogens is 1. The largest absolute Gasteiger partial charge is 0.497 e. The van der Waals surface area contributed by atoms with Crippen LogP contribution in [0.5, 0.6) is 5.75 Å². The van der Waals surface area contributed by atoms with Crippen molar-refractivity contribution in [2.45, 2.75) is 0 Å². The van der Waals surface area contributed by atoms with Crippen LogP contribution < -0.4 is 10.1 Å². The molecule has 0 saturated heterocycles. The van der Waals surface area contributed by atoms with Gasteiger partial charge in [0.15, 0.2) is 0 Å². The molecule has 0 aliphatic rings. The molecule has 0 amide bonds. The smallest absolute Gasteiger partial charge is 0.123 e. The Balaban J connectivity index is 2.01. The van der Waals surface area contributed by atoms with Crippen LogP contribution >= 0.6 is 0 Å². The molecule has 1 aromatic heterocycles. The summed E-state index contributed by atoms with van der Waals surface area (Å²) in [6.07, 6.45) is 1.73. The quantitative estimate of drug-likeness (QED) is 0.775. The number of rotatable bonds is 3. The molecule has 0 atom stereocenters. The van der Waals surface area contributed by atoms with Crippen LogP contribution in [-0.2, 0) is 0 Å². The van der Waals surface area contributed by atoms with Gasteiger partial charge < -0.3 is 10.1 Å². The van der Waals surface area contributed by atoms with E-state index in [2.05, 4.69) is 10.3 Å². The molecule has 0 spiro atoms. The second-order valence-electron chi connectivity index (χ2n) is 4.37. The summed E-state index contributed by atoms with van der Waals surface area (Å²) in [5.41, 5.74) is 2.59. The lowest BCUT2D eigenvalue weighted by Crippen LogP contribution is -1.93. The minimum absolute atomic E-state index is 0.250. The lowest BCUT2D eigenvalue weighted by molar-refractivity contribution is 0.415. The van der Waals surface area contributed by atoms with Gasteiger partial charge in [-0.3, -0.25) is 4.98 Å². The van der Waals surface area contributed by atoms with E-state index in [9.17, 15) is 4.39 Å². The van der Waals surface area contributed by atoms with Crippen LogP contribution in [0.3, 0.4) is 0 Å². The first-order valence-corrected chi connectivity index (χ1v) is 6.21. The second kappa shape index (κ2) is 5.17. The van der Waals surface area contributed by atoms with Gasteiger partial charge in [-0.05, 0) is 42.5 Å². The van der Waals surface area contributed by atoms with Gasteiger partial charge in [0.25, 0.3) is 0 Å². The molecule has 2 aromatic carbocycles. The summed E-state index contributed by atoms with van der Waals surface area (Å²) in [7, 11) is 1.63. The van der Waals surface area contributed by atoms with E-state index in [1.807, 2.05) is 24.3 Å². The zero-order valence-electron chi connectivity index (χ0n) is 10.9. The van der Waals surface area contributed by atoms with Crippen molar-refractivity contribution in [1.82, 2.24) is 4.98 Å². The van der Waals surface area contributed by atoms with Gasteiger partial charge in [-0.15, -0.1) is 0 Å². The molecule has 3 rings (SSSR count). The highest BCUT2D eigenvalue weighted by molar-refractivity contribution is 5.93. The number of pyridine rings is 1. The Morgan fingerprint density at radius 3 is 2.60 bits per heavy atom. The zero-order chi connectivity index (χ0) is 13.9. The number of hydrogen-bond donors (Lipinski definition) is 1. The number of methoxy groups -OCH3 is 1. The Bertz CT molecular complexity index is 741. The number of fused-ring (bicyclic) bond motifs is 1.